The lowest BCUT2D eigenvalue weighted by Gasteiger charge is -2.13. The van der Waals surface area contributed by atoms with E-state index in [0.29, 0.717) is 11.1 Å². The highest BCUT2D eigenvalue weighted by molar-refractivity contribution is 7.99. The van der Waals surface area contributed by atoms with Crippen LogP contribution in [0.25, 0.3) is 6.08 Å². The molecule has 1 aromatic rings. The first-order valence-corrected chi connectivity index (χ1v) is 7.93. The van der Waals surface area contributed by atoms with Gasteiger partial charge in [0.2, 0.25) is 0 Å². The van der Waals surface area contributed by atoms with Crippen molar-refractivity contribution in [3.05, 3.63) is 35.7 Å². The third-order valence-electron chi connectivity index (χ3n) is 2.72. The van der Waals surface area contributed by atoms with Crippen LogP contribution < -0.4 is 5.32 Å². The third kappa shape index (κ3) is 6.94. The van der Waals surface area contributed by atoms with Crippen molar-refractivity contribution < 1.29 is 14.7 Å². The van der Waals surface area contributed by atoms with Gasteiger partial charge in [-0.25, -0.2) is 4.79 Å². The van der Waals surface area contributed by atoms with E-state index in [2.05, 4.69) is 17.2 Å². The Balaban J connectivity index is 2.61. The molecule has 1 rings (SSSR count). The first kappa shape index (κ1) is 17.2. The van der Waals surface area contributed by atoms with Crippen LogP contribution in [0.1, 0.15) is 36.2 Å². The van der Waals surface area contributed by atoms with E-state index in [1.54, 1.807) is 6.07 Å². The Bertz CT molecular complexity index is 517. The molecule has 1 heterocycles. The average molecular weight is 308 g/mol. The number of thioether (sulfide) groups is 1. The fourth-order valence-electron chi connectivity index (χ4n) is 1.62. The molecule has 2 N–H and O–H groups in total. The topological polar surface area (TPSA) is 79.3 Å². The second-order valence-electron chi connectivity index (χ2n) is 4.54. The average Bonchev–Trinajstić information content (AvgIpc) is 2.45. The largest absolute Gasteiger partial charge is 0.478 e. The smallest absolute Gasteiger partial charge is 0.328 e. The maximum Gasteiger partial charge on any atom is 0.328 e. The first-order chi connectivity index (χ1) is 10.0. The fraction of sp³-hybridized carbons (Fsp3) is 0.400. The third-order valence-corrected chi connectivity index (χ3v) is 3.65. The van der Waals surface area contributed by atoms with Crippen molar-refractivity contribution in [3.63, 3.8) is 0 Å². The van der Waals surface area contributed by atoms with Crippen LogP contribution in [-0.2, 0) is 4.79 Å². The normalized spacial score (nSPS) is 12.3. The molecule has 1 amide bonds. The highest BCUT2D eigenvalue weighted by atomic mass is 32.2. The number of hydrogen-bond acceptors (Lipinski definition) is 4. The van der Waals surface area contributed by atoms with Crippen LogP contribution in [-0.4, -0.2) is 39.5 Å². The number of nitrogens with one attached hydrogen (secondary N) is 1. The fourth-order valence-corrected chi connectivity index (χ4v) is 2.43. The summed E-state index contributed by atoms with van der Waals surface area (Å²) >= 11 is 1.84. The Morgan fingerprint density at radius 3 is 2.90 bits per heavy atom. The monoisotopic (exact) mass is 308 g/mol. The molecule has 1 atom stereocenters. The zero-order valence-electron chi connectivity index (χ0n) is 12.2. The molecule has 1 aromatic heterocycles. The van der Waals surface area contributed by atoms with E-state index in [1.165, 1.54) is 18.5 Å². The van der Waals surface area contributed by atoms with Crippen LogP contribution in [0.4, 0.5) is 0 Å². The molecule has 0 aromatic carbocycles. The number of amides is 1. The summed E-state index contributed by atoms with van der Waals surface area (Å²) in [6.45, 7) is 4.07. The number of rotatable bonds is 8. The molecule has 21 heavy (non-hydrogen) atoms. The SMILES string of the molecule is CCSCCC(C)NC(=O)c1cncc(/C=C/C(=O)O)c1. The van der Waals surface area contributed by atoms with Gasteiger partial charge in [-0.05, 0) is 42.6 Å². The molecule has 0 aliphatic rings. The van der Waals surface area contributed by atoms with Gasteiger partial charge in [-0.2, -0.15) is 11.8 Å². The minimum atomic E-state index is -1.04. The Kier molecular flexibility index (Phi) is 7.53. The first-order valence-electron chi connectivity index (χ1n) is 6.77. The highest BCUT2D eigenvalue weighted by Crippen LogP contribution is 2.07. The van der Waals surface area contributed by atoms with Crippen molar-refractivity contribution in [1.82, 2.24) is 10.3 Å². The molecule has 0 bridgehead atoms. The zero-order valence-corrected chi connectivity index (χ0v) is 13.0. The van der Waals surface area contributed by atoms with Crippen molar-refractivity contribution in [2.75, 3.05) is 11.5 Å². The predicted octanol–water partition coefficient (Wildman–Crippen LogP) is 2.44. The molecule has 0 saturated carbocycles. The summed E-state index contributed by atoms with van der Waals surface area (Å²) in [7, 11) is 0. The van der Waals surface area contributed by atoms with Crippen LogP contribution in [0, 0.1) is 0 Å². The molecule has 0 saturated heterocycles. The lowest BCUT2D eigenvalue weighted by Crippen LogP contribution is -2.33. The second-order valence-corrected chi connectivity index (χ2v) is 5.93. The highest BCUT2D eigenvalue weighted by Gasteiger charge is 2.10. The Labute approximate surface area is 128 Å². The molecule has 114 valence electrons. The maximum absolute atomic E-state index is 12.1. The molecule has 5 nitrogen and oxygen atoms in total. The van der Waals surface area contributed by atoms with Crippen molar-refractivity contribution in [2.24, 2.45) is 0 Å². The maximum atomic E-state index is 12.1. The van der Waals surface area contributed by atoms with E-state index in [9.17, 15) is 9.59 Å². The Morgan fingerprint density at radius 2 is 2.24 bits per heavy atom. The molecule has 0 spiro atoms. The van der Waals surface area contributed by atoms with Crippen LogP contribution in [0.5, 0.6) is 0 Å². The summed E-state index contributed by atoms with van der Waals surface area (Å²) in [5.74, 6) is 0.856. The molecule has 0 radical (unpaired) electrons. The van der Waals surface area contributed by atoms with E-state index in [0.717, 1.165) is 24.0 Å². The standard InChI is InChI=1S/C15H20N2O3S/c1-3-21-7-6-11(2)17-15(20)13-8-12(9-16-10-13)4-5-14(18)19/h4-5,8-11H,3,6-7H2,1-2H3,(H,17,20)(H,18,19)/b5-4+. The summed E-state index contributed by atoms with van der Waals surface area (Å²) < 4.78 is 0. The summed E-state index contributed by atoms with van der Waals surface area (Å²) in [5, 5.41) is 11.5. The number of nitrogens with zero attached hydrogens (tertiary/aromatic N) is 1. The summed E-state index contributed by atoms with van der Waals surface area (Å²) in [6.07, 6.45) is 6.32. The second kappa shape index (κ2) is 9.18. The van der Waals surface area contributed by atoms with E-state index >= 15 is 0 Å². The number of aromatic nitrogens is 1. The molecule has 6 heteroatoms. The number of pyridine rings is 1. The van der Waals surface area contributed by atoms with Gasteiger partial charge in [0.15, 0.2) is 0 Å². The van der Waals surface area contributed by atoms with E-state index in [4.69, 9.17) is 5.11 Å². The van der Waals surface area contributed by atoms with Gasteiger partial charge in [0, 0.05) is 24.5 Å². The quantitative estimate of drug-likeness (QED) is 0.569. The lowest BCUT2D eigenvalue weighted by atomic mass is 10.1. The lowest BCUT2D eigenvalue weighted by molar-refractivity contribution is -0.131. The summed E-state index contributed by atoms with van der Waals surface area (Å²) in [4.78, 5) is 26.5. The van der Waals surface area contributed by atoms with Gasteiger partial charge in [-0.15, -0.1) is 0 Å². The molecule has 0 fully saturated rings. The van der Waals surface area contributed by atoms with Gasteiger partial charge < -0.3 is 10.4 Å². The number of aliphatic carboxylic acids is 1. The predicted molar refractivity (Wildman–Crippen MR) is 85.5 cm³/mol. The molecule has 0 aliphatic carbocycles. The van der Waals surface area contributed by atoms with Crippen molar-refractivity contribution in [3.8, 4) is 0 Å². The minimum absolute atomic E-state index is 0.0924. The minimum Gasteiger partial charge on any atom is -0.478 e. The Morgan fingerprint density at radius 1 is 1.48 bits per heavy atom. The molecular formula is C15H20N2O3S. The van der Waals surface area contributed by atoms with Gasteiger partial charge in [0.25, 0.3) is 5.91 Å². The van der Waals surface area contributed by atoms with Crippen LogP contribution in [0.3, 0.4) is 0 Å². The van der Waals surface area contributed by atoms with Crippen molar-refractivity contribution >= 4 is 29.7 Å². The summed E-state index contributed by atoms with van der Waals surface area (Å²) in [5.41, 5.74) is 1.01. The zero-order chi connectivity index (χ0) is 15.7. The molecular weight excluding hydrogens is 288 g/mol. The summed E-state index contributed by atoms with van der Waals surface area (Å²) in [6, 6.07) is 1.71. The van der Waals surface area contributed by atoms with E-state index in [1.807, 2.05) is 18.7 Å². The van der Waals surface area contributed by atoms with Gasteiger partial charge in [-0.1, -0.05) is 6.92 Å². The van der Waals surface area contributed by atoms with Crippen LogP contribution >= 0.6 is 11.8 Å². The molecule has 0 aliphatic heterocycles. The van der Waals surface area contributed by atoms with Gasteiger partial charge in [0.1, 0.15) is 0 Å². The van der Waals surface area contributed by atoms with Gasteiger partial charge >= 0.3 is 5.97 Å². The van der Waals surface area contributed by atoms with Crippen molar-refractivity contribution in [1.29, 1.82) is 0 Å². The van der Waals surface area contributed by atoms with Gasteiger partial charge in [0.05, 0.1) is 5.56 Å². The number of carboxylic acids is 1. The Hall–Kier alpha value is -1.82. The van der Waals surface area contributed by atoms with Crippen molar-refractivity contribution in [2.45, 2.75) is 26.3 Å². The molecule has 1 unspecified atom stereocenters. The van der Waals surface area contributed by atoms with Crippen LogP contribution in [0.2, 0.25) is 0 Å². The number of hydrogen-bond donors (Lipinski definition) is 2. The van der Waals surface area contributed by atoms with E-state index < -0.39 is 5.97 Å². The van der Waals surface area contributed by atoms with Gasteiger partial charge in [-0.3, -0.25) is 9.78 Å². The van der Waals surface area contributed by atoms with E-state index in [-0.39, 0.29) is 11.9 Å². The van der Waals surface area contributed by atoms with Crippen LogP contribution in [0.15, 0.2) is 24.5 Å². The number of carbonyl (C=O) groups excluding carboxylic acids is 1. The number of carboxylic acid groups (broad SMARTS) is 1. The number of carbonyl (C=O) groups is 2.